The van der Waals surface area contributed by atoms with Gasteiger partial charge in [0.05, 0.1) is 24.9 Å². The number of benzene rings is 1. The Hall–Kier alpha value is -2.38. The molecule has 0 spiro atoms. The highest BCUT2D eigenvalue weighted by molar-refractivity contribution is 7.17. The van der Waals surface area contributed by atoms with E-state index >= 15 is 0 Å². The summed E-state index contributed by atoms with van der Waals surface area (Å²) in [6.45, 7) is 9.15. The third-order valence-corrected chi connectivity index (χ3v) is 8.31. The summed E-state index contributed by atoms with van der Waals surface area (Å²) in [7, 11) is 1.59. The van der Waals surface area contributed by atoms with Crippen molar-refractivity contribution < 1.29 is 14.3 Å². The van der Waals surface area contributed by atoms with E-state index in [9.17, 15) is 9.59 Å². The van der Waals surface area contributed by atoms with Crippen LogP contribution in [0.2, 0.25) is 0 Å². The smallest absolute Gasteiger partial charge is 0.259 e. The number of anilines is 2. The zero-order valence-electron chi connectivity index (χ0n) is 20.8. The first-order valence-corrected chi connectivity index (χ1v) is 13.2. The van der Waals surface area contributed by atoms with Crippen LogP contribution in [-0.4, -0.2) is 43.5 Å². The van der Waals surface area contributed by atoms with E-state index in [1.807, 2.05) is 24.3 Å². The van der Waals surface area contributed by atoms with Crippen LogP contribution in [0.1, 0.15) is 67.3 Å². The largest absolute Gasteiger partial charge is 0.495 e. The van der Waals surface area contributed by atoms with Gasteiger partial charge in [-0.15, -0.1) is 11.3 Å². The molecule has 1 atom stereocenters. The fourth-order valence-electron chi connectivity index (χ4n) is 5.07. The van der Waals surface area contributed by atoms with Crippen LogP contribution < -0.4 is 15.4 Å². The second kappa shape index (κ2) is 10.5. The molecule has 0 saturated carbocycles. The quantitative estimate of drug-likeness (QED) is 0.562. The number of piperidine rings is 1. The molecule has 7 heteroatoms. The third kappa shape index (κ3) is 5.63. The number of nitrogens with zero attached hydrogens (tertiary/aromatic N) is 1. The monoisotopic (exact) mass is 483 g/mol. The minimum absolute atomic E-state index is 0.0424. The maximum absolute atomic E-state index is 13.6. The molecule has 1 aromatic heterocycles. The lowest BCUT2D eigenvalue weighted by Crippen LogP contribution is -2.37. The van der Waals surface area contributed by atoms with Crippen LogP contribution in [0.4, 0.5) is 10.7 Å². The fourth-order valence-corrected chi connectivity index (χ4v) is 6.41. The molecule has 0 bridgehead atoms. The Labute approximate surface area is 207 Å². The van der Waals surface area contributed by atoms with Crippen molar-refractivity contribution in [2.24, 2.45) is 11.3 Å². The molecule has 34 heavy (non-hydrogen) atoms. The van der Waals surface area contributed by atoms with Gasteiger partial charge in [-0.2, -0.15) is 0 Å². The number of amides is 2. The van der Waals surface area contributed by atoms with E-state index in [1.54, 1.807) is 18.4 Å². The van der Waals surface area contributed by atoms with Gasteiger partial charge in [0.2, 0.25) is 5.91 Å². The van der Waals surface area contributed by atoms with Crippen LogP contribution in [0.15, 0.2) is 24.3 Å². The van der Waals surface area contributed by atoms with Gasteiger partial charge in [0.15, 0.2) is 0 Å². The van der Waals surface area contributed by atoms with E-state index in [2.05, 4.69) is 36.3 Å². The van der Waals surface area contributed by atoms with Crippen molar-refractivity contribution in [3.05, 3.63) is 40.3 Å². The molecule has 2 aromatic rings. The average Bonchev–Trinajstić information content (AvgIpc) is 3.16. The van der Waals surface area contributed by atoms with Crippen LogP contribution in [0, 0.1) is 11.3 Å². The number of carbonyl (C=O) groups excluding carboxylic acids is 2. The zero-order chi connectivity index (χ0) is 24.3. The third-order valence-electron chi connectivity index (χ3n) is 7.14. The number of likely N-dealkylation sites (tertiary alicyclic amines) is 1. The number of carbonyl (C=O) groups is 2. The fraction of sp³-hybridized carbons (Fsp3) is 0.556. The second-order valence-corrected chi connectivity index (χ2v) is 11.7. The molecule has 2 heterocycles. The van der Waals surface area contributed by atoms with Gasteiger partial charge < -0.3 is 15.4 Å². The van der Waals surface area contributed by atoms with Gasteiger partial charge in [-0.3, -0.25) is 14.5 Å². The Morgan fingerprint density at radius 1 is 1.12 bits per heavy atom. The van der Waals surface area contributed by atoms with Gasteiger partial charge in [-0.25, -0.2) is 0 Å². The van der Waals surface area contributed by atoms with Crippen molar-refractivity contribution in [1.29, 1.82) is 0 Å². The number of methoxy groups -OCH3 is 1. The summed E-state index contributed by atoms with van der Waals surface area (Å²) in [6.07, 6.45) is 6.36. The number of nitrogens with one attached hydrogen (secondary N) is 2. The molecule has 1 aliphatic carbocycles. The molecule has 1 saturated heterocycles. The number of ether oxygens (including phenoxy) is 1. The van der Waals surface area contributed by atoms with Gasteiger partial charge >= 0.3 is 0 Å². The molecule has 0 unspecified atom stereocenters. The molecular formula is C27H37N3O3S. The lowest BCUT2D eigenvalue weighted by molar-refractivity contribution is -0.117. The van der Waals surface area contributed by atoms with Gasteiger partial charge in [-0.1, -0.05) is 39.3 Å². The van der Waals surface area contributed by atoms with Gasteiger partial charge in [0.25, 0.3) is 5.91 Å². The lowest BCUT2D eigenvalue weighted by atomic mass is 9.72. The van der Waals surface area contributed by atoms with Gasteiger partial charge in [-0.05, 0) is 74.2 Å². The van der Waals surface area contributed by atoms with Crippen molar-refractivity contribution in [2.75, 3.05) is 37.4 Å². The molecule has 6 nitrogen and oxygen atoms in total. The maximum Gasteiger partial charge on any atom is 0.259 e. The predicted molar refractivity (Wildman–Crippen MR) is 139 cm³/mol. The number of para-hydroxylation sites is 2. The van der Waals surface area contributed by atoms with Crippen LogP contribution in [0.5, 0.6) is 5.75 Å². The van der Waals surface area contributed by atoms with Crippen molar-refractivity contribution in [3.8, 4) is 5.75 Å². The Balaban J connectivity index is 1.61. The second-order valence-electron chi connectivity index (χ2n) is 10.6. The van der Waals surface area contributed by atoms with E-state index in [-0.39, 0.29) is 17.2 Å². The van der Waals surface area contributed by atoms with Crippen molar-refractivity contribution in [1.82, 2.24) is 4.90 Å². The summed E-state index contributed by atoms with van der Waals surface area (Å²) in [5.74, 6) is 0.938. The molecule has 4 rings (SSSR count). The lowest BCUT2D eigenvalue weighted by Gasteiger charge is -2.33. The molecule has 2 aliphatic rings. The molecule has 1 aromatic carbocycles. The Bertz CT molecular complexity index is 1030. The van der Waals surface area contributed by atoms with Crippen LogP contribution in [0.25, 0.3) is 0 Å². The molecular weight excluding hydrogens is 446 g/mol. The van der Waals surface area contributed by atoms with Crippen molar-refractivity contribution in [3.63, 3.8) is 0 Å². The SMILES string of the molecule is COc1ccccc1NC(=O)c1c(NC(=O)CN2CCCCC2)sc2c1CC[C@@H](C(C)(C)C)C2. The topological polar surface area (TPSA) is 70.7 Å². The Morgan fingerprint density at radius 2 is 1.85 bits per heavy atom. The van der Waals surface area contributed by atoms with Crippen LogP contribution >= 0.6 is 11.3 Å². The molecule has 1 aliphatic heterocycles. The molecule has 2 amide bonds. The highest BCUT2D eigenvalue weighted by Gasteiger charge is 2.34. The first-order valence-electron chi connectivity index (χ1n) is 12.4. The summed E-state index contributed by atoms with van der Waals surface area (Å²) in [5, 5.41) is 6.82. The Morgan fingerprint density at radius 3 is 2.56 bits per heavy atom. The standard InChI is InChI=1S/C27H37N3O3S/c1-27(2,3)18-12-13-19-22(16-18)34-26(29-23(31)17-30-14-8-5-9-15-30)24(19)25(32)28-20-10-6-7-11-21(20)33-4/h6-7,10-11,18H,5,8-9,12-17H2,1-4H3,(H,28,32)(H,29,31)/t18-/m1/s1. The normalized spacial score (nSPS) is 18.8. The summed E-state index contributed by atoms with van der Waals surface area (Å²) in [4.78, 5) is 29.9. The summed E-state index contributed by atoms with van der Waals surface area (Å²) in [6, 6.07) is 7.41. The Kier molecular flexibility index (Phi) is 7.63. The highest BCUT2D eigenvalue weighted by atomic mass is 32.1. The first kappa shape index (κ1) is 24.7. The van der Waals surface area contributed by atoms with Crippen molar-refractivity contribution >= 4 is 33.8 Å². The van der Waals surface area contributed by atoms with Crippen LogP contribution in [0.3, 0.4) is 0 Å². The number of rotatable bonds is 6. The summed E-state index contributed by atoms with van der Waals surface area (Å²) in [5.41, 5.74) is 2.54. The van der Waals surface area contributed by atoms with E-state index in [1.165, 1.54) is 11.3 Å². The molecule has 2 N–H and O–H groups in total. The van der Waals surface area contributed by atoms with E-state index in [0.717, 1.165) is 50.8 Å². The predicted octanol–water partition coefficient (Wildman–Crippen LogP) is 5.58. The minimum atomic E-state index is -0.190. The molecule has 0 radical (unpaired) electrons. The molecule has 1 fully saturated rings. The highest BCUT2D eigenvalue weighted by Crippen LogP contribution is 2.44. The van der Waals surface area contributed by atoms with E-state index < -0.39 is 0 Å². The van der Waals surface area contributed by atoms with Crippen molar-refractivity contribution in [2.45, 2.75) is 59.3 Å². The van der Waals surface area contributed by atoms with E-state index in [0.29, 0.717) is 34.5 Å². The minimum Gasteiger partial charge on any atom is -0.495 e. The van der Waals surface area contributed by atoms with Crippen LogP contribution in [-0.2, 0) is 17.6 Å². The average molecular weight is 484 g/mol. The maximum atomic E-state index is 13.6. The van der Waals surface area contributed by atoms with Gasteiger partial charge in [0, 0.05) is 4.88 Å². The summed E-state index contributed by atoms with van der Waals surface area (Å²) >= 11 is 1.58. The number of hydrogen-bond donors (Lipinski definition) is 2. The molecule has 184 valence electrons. The number of hydrogen-bond acceptors (Lipinski definition) is 5. The first-order chi connectivity index (χ1) is 16.3. The number of thiophene rings is 1. The zero-order valence-corrected chi connectivity index (χ0v) is 21.6. The number of fused-ring (bicyclic) bond motifs is 1. The van der Waals surface area contributed by atoms with Gasteiger partial charge in [0.1, 0.15) is 10.8 Å². The summed E-state index contributed by atoms with van der Waals surface area (Å²) < 4.78 is 5.42. The van der Waals surface area contributed by atoms with E-state index in [4.69, 9.17) is 4.74 Å².